The monoisotopic (exact) mass is 416 g/mol. The predicted octanol–water partition coefficient (Wildman–Crippen LogP) is 4.16. The number of ether oxygens (including phenoxy) is 2. The minimum absolute atomic E-state index is 0.111. The van der Waals surface area contributed by atoms with Gasteiger partial charge in [-0.2, -0.15) is 5.10 Å². The lowest BCUT2D eigenvalue weighted by Crippen LogP contribution is -2.24. The summed E-state index contributed by atoms with van der Waals surface area (Å²) in [6, 6.07) is 11.4. The third-order valence-corrected chi connectivity index (χ3v) is 3.92. The van der Waals surface area contributed by atoms with Crippen LogP contribution in [0.25, 0.3) is 0 Å². The first-order valence-corrected chi connectivity index (χ1v) is 8.84. The number of carbonyl (C=O) groups is 1. The summed E-state index contributed by atoms with van der Waals surface area (Å²) in [6.45, 7) is 7.81. The average Bonchev–Trinajstić information content (AvgIpc) is 2.62. The van der Waals surface area contributed by atoms with Gasteiger partial charge in [0, 0.05) is 10.0 Å². The van der Waals surface area contributed by atoms with E-state index < -0.39 is 0 Å². The second-order valence-electron chi connectivity index (χ2n) is 5.63. The summed E-state index contributed by atoms with van der Waals surface area (Å²) < 4.78 is 12.0. The molecular weight excluding hydrogens is 396 g/mol. The van der Waals surface area contributed by atoms with Crippen LogP contribution in [0, 0.1) is 13.8 Å². The lowest BCUT2D eigenvalue weighted by molar-refractivity contribution is -0.123. The molecule has 1 amide bonds. The Morgan fingerprint density at radius 1 is 1.19 bits per heavy atom. The Kier molecular flexibility index (Phi) is 7.41. The Balaban J connectivity index is 1.93. The third kappa shape index (κ3) is 6.04. The SMILES string of the molecule is C=CCOc1ccc(Br)cc1/C=N/NC(=O)COc1cc(C)ccc1C. The summed E-state index contributed by atoms with van der Waals surface area (Å²) in [7, 11) is 0. The van der Waals surface area contributed by atoms with E-state index in [1.54, 1.807) is 6.08 Å². The number of hydrogen-bond donors (Lipinski definition) is 1. The molecule has 2 aromatic rings. The number of carbonyl (C=O) groups excluding carboxylic acids is 1. The molecule has 0 saturated heterocycles. The number of aryl methyl sites for hydroxylation is 2. The molecule has 0 bridgehead atoms. The molecule has 2 rings (SSSR count). The van der Waals surface area contributed by atoms with Crippen LogP contribution in [-0.2, 0) is 4.79 Å². The largest absolute Gasteiger partial charge is 0.489 e. The van der Waals surface area contributed by atoms with E-state index >= 15 is 0 Å². The Bertz CT molecular complexity index is 819. The van der Waals surface area contributed by atoms with Crippen molar-refractivity contribution in [1.29, 1.82) is 0 Å². The summed E-state index contributed by atoms with van der Waals surface area (Å²) in [5, 5.41) is 3.97. The van der Waals surface area contributed by atoms with E-state index in [0.29, 0.717) is 18.1 Å². The standard InChI is InChI=1S/C20H21BrN2O3/c1-4-9-25-18-8-7-17(21)11-16(18)12-22-23-20(24)13-26-19-10-14(2)5-6-15(19)3/h4-8,10-12H,1,9,13H2,2-3H3,(H,23,24)/b22-12+. The van der Waals surface area contributed by atoms with Gasteiger partial charge in [-0.05, 0) is 49.2 Å². The Hall–Kier alpha value is -2.60. The first-order valence-electron chi connectivity index (χ1n) is 8.05. The number of halogens is 1. The minimum atomic E-state index is -0.342. The average molecular weight is 417 g/mol. The number of hydrogen-bond acceptors (Lipinski definition) is 4. The van der Waals surface area contributed by atoms with Crippen LogP contribution in [0.2, 0.25) is 0 Å². The van der Waals surface area contributed by atoms with Gasteiger partial charge in [0.2, 0.25) is 0 Å². The van der Waals surface area contributed by atoms with E-state index in [4.69, 9.17) is 9.47 Å². The topological polar surface area (TPSA) is 59.9 Å². The van der Waals surface area contributed by atoms with Crippen LogP contribution in [-0.4, -0.2) is 25.3 Å². The lowest BCUT2D eigenvalue weighted by Gasteiger charge is -2.09. The molecule has 6 heteroatoms. The van der Waals surface area contributed by atoms with E-state index in [9.17, 15) is 4.79 Å². The second kappa shape index (κ2) is 9.77. The summed E-state index contributed by atoms with van der Waals surface area (Å²) in [6.07, 6.45) is 3.19. The van der Waals surface area contributed by atoms with Crippen molar-refractivity contribution in [3.05, 3.63) is 70.2 Å². The molecule has 0 aliphatic heterocycles. The minimum Gasteiger partial charge on any atom is -0.489 e. The van der Waals surface area contributed by atoms with Crippen molar-refractivity contribution in [3.8, 4) is 11.5 Å². The highest BCUT2D eigenvalue weighted by Crippen LogP contribution is 2.22. The number of rotatable bonds is 8. The number of nitrogens with zero attached hydrogens (tertiary/aromatic N) is 1. The van der Waals surface area contributed by atoms with Gasteiger partial charge < -0.3 is 9.47 Å². The Morgan fingerprint density at radius 3 is 2.77 bits per heavy atom. The molecule has 0 atom stereocenters. The molecule has 0 heterocycles. The molecule has 0 spiro atoms. The molecule has 0 fully saturated rings. The van der Waals surface area contributed by atoms with Crippen molar-refractivity contribution in [1.82, 2.24) is 5.43 Å². The molecule has 0 aromatic heterocycles. The van der Waals surface area contributed by atoms with Gasteiger partial charge in [-0.3, -0.25) is 4.79 Å². The van der Waals surface area contributed by atoms with Crippen molar-refractivity contribution in [3.63, 3.8) is 0 Å². The maximum Gasteiger partial charge on any atom is 0.277 e. The normalized spacial score (nSPS) is 10.6. The molecule has 2 aromatic carbocycles. The van der Waals surface area contributed by atoms with Crippen LogP contribution in [0.15, 0.2) is 58.6 Å². The van der Waals surface area contributed by atoms with Crippen LogP contribution in [0.3, 0.4) is 0 Å². The van der Waals surface area contributed by atoms with Crippen LogP contribution < -0.4 is 14.9 Å². The maximum absolute atomic E-state index is 11.9. The molecule has 5 nitrogen and oxygen atoms in total. The van der Waals surface area contributed by atoms with Gasteiger partial charge in [-0.25, -0.2) is 5.43 Å². The predicted molar refractivity (Wildman–Crippen MR) is 107 cm³/mol. The van der Waals surface area contributed by atoms with Crippen LogP contribution >= 0.6 is 15.9 Å². The van der Waals surface area contributed by atoms with Gasteiger partial charge in [0.05, 0.1) is 6.21 Å². The summed E-state index contributed by atoms with van der Waals surface area (Å²) in [5.41, 5.74) is 5.24. The molecule has 0 saturated carbocycles. The van der Waals surface area contributed by atoms with E-state index in [1.165, 1.54) is 6.21 Å². The molecule has 136 valence electrons. The highest BCUT2D eigenvalue weighted by Gasteiger charge is 2.05. The van der Waals surface area contributed by atoms with Crippen molar-refractivity contribution in [2.75, 3.05) is 13.2 Å². The maximum atomic E-state index is 11.9. The van der Waals surface area contributed by atoms with Crippen molar-refractivity contribution >= 4 is 28.1 Å². The van der Waals surface area contributed by atoms with Gasteiger partial charge >= 0.3 is 0 Å². The third-order valence-electron chi connectivity index (χ3n) is 3.42. The summed E-state index contributed by atoms with van der Waals surface area (Å²) in [5.74, 6) is 1.000. The van der Waals surface area contributed by atoms with Gasteiger partial charge in [0.1, 0.15) is 18.1 Å². The van der Waals surface area contributed by atoms with Crippen molar-refractivity contribution < 1.29 is 14.3 Å². The smallest absolute Gasteiger partial charge is 0.277 e. The van der Waals surface area contributed by atoms with Crippen LogP contribution in [0.4, 0.5) is 0 Å². The van der Waals surface area contributed by atoms with Gasteiger partial charge in [-0.1, -0.05) is 40.7 Å². The summed E-state index contributed by atoms with van der Waals surface area (Å²) in [4.78, 5) is 11.9. The zero-order valence-electron chi connectivity index (χ0n) is 14.8. The number of benzene rings is 2. The number of hydrazone groups is 1. The van der Waals surface area contributed by atoms with Gasteiger partial charge in [0.25, 0.3) is 5.91 Å². The molecule has 0 radical (unpaired) electrons. The zero-order chi connectivity index (χ0) is 18.9. The van der Waals surface area contributed by atoms with Crippen LogP contribution in [0.1, 0.15) is 16.7 Å². The molecule has 0 aliphatic carbocycles. The molecule has 0 aliphatic rings. The van der Waals surface area contributed by atoms with Gasteiger partial charge in [-0.15, -0.1) is 0 Å². The van der Waals surface area contributed by atoms with Crippen molar-refractivity contribution in [2.45, 2.75) is 13.8 Å². The zero-order valence-corrected chi connectivity index (χ0v) is 16.4. The number of nitrogens with one attached hydrogen (secondary N) is 1. The van der Waals surface area contributed by atoms with E-state index in [2.05, 4.69) is 33.0 Å². The first kappa shape index (κ1) is 19.7. The highest BCUT2D eigenvalue weighted by molar-refractivity contribution is 9.10. The number of amides is 1. The fourth-order valence-corrected chi connectivity index (χ4v) is 2.49. The van der Waals surface area contributed by atoms with E-state index in [1.807, 2.05) is 50.2 Å². The van der Waals surface area contributed by atoms with Crippen molar-refractivity contribution in [2.24, 2.45) is 5.10 Å². The Morgan fingerprint density at radius 2 is 2.00 bits per heavy atom. The molecule has 1 N–H and O–H groups in total. The van der Waals surface area contributed by atoms with E-state index in [-0.39, 0.29) is 12.5 Å². The summed E-state index contributed by atoms with van der Waals surface area (Å²) >= 11 is 3.40. The Labute approximate surface area is 161 Å². The van der Waals surface area contributed by atoms with Gasteiger partial charge in [0.15, 0.2) is 6.61 Å². The first-order chi connectivity index (χ1) is 12.5. The fourth-order valence-electron chi connectivity index (χ4n) is 2.11. The van der Waals surface area contributed by atoms with Crippen LogP contribution in [0.5, 0.6) is 11.5 Å². The molecular formula is C20H21BrN2O3. The lowest BCUT2D eigenvalue weighted by atomic mass is 10.1. The van der Waals surface area contributed by atoms with E-state index in [0.717, 1.165) is 21.2 Å². The molecule has 0 unspecified atom stereocenters. The highest BCUT2D eigenvalue weighted by atomic mass is 79.9. The fraction of sp³-hybridized carbons (Fsp3) is 0.200. The molecule has 26 heavy (non-hydrogen) atoms. The quantitative estimate of drug-likeness (QED) is 0.399. The second-order valence-corrected chi connectivity index (χ2v) is 6.55.